The van der Waals surface area contributed by atoms with Gasteiger partial charge in [-0.05, 0) is 63.6 Å². The predicted octanol–water partition coefficient (Wildman–Crippen LogP) is 4.53. The summed E-state index contributed by atoms with van der Waals surface area (Å²) in [7, 11) is 0. The number of benzene rings is 2. The van der Waals surface area contributed by atoms with Gasteiger partial charge in [-0.25, -0.2) is 9.97 Å². The number of carbonyl (C=O) groups is 1. The second kappa shape index (κ2) is 9.71. The molecule has 0 spiro atoms. The van der Waals surface area contributed by atoms with E-state index in [4.69, 9.17) is 4.74 Å². The van der Waals surface area contributed by atoms with Crippen LogP contribution in [0.15, 0.2) is 54.9 Å². The van der Waals surface area contributed by atoms with Crippen LogP contribution in [0.25, 0.3) is 11.1 Å². The number of nitrogens with zero attached hydrogens (tertiary/aromatic N) is 2. The van der Waals surface area contributed by atoms with E-state index in [1.54, 1.807) is 18.5 Å². The molecule has 2 N–H and O–H groups in total. The normalized spacial score (nSPS) is 16.0. The number of piperidine rings is 1. The van der Waals surface area contributed by atoms with Crippen LogP contribution in [0.3, 0.4) is 0 Å². The summed E-state index contributed by atoms with van der Waals surface area (Å²) in [5.74, 6) is 0.621. The highest BCUT2D eigenvalue weighted by Crippen LogP contribution is 2.36. The number of rotatable bonds is 6. The number of hydrogen-bond donors (Lipinski definition) is 2. The van der Waals surface area contributed by atoms with Crippen molar-refractivity contribution in [3.8, 4) is 16.9 Å². The van der Waals surface area contributed by atoms with Crippen LogP contribution < -0.4 is 15.4 Å². The highest BCUT2D eigenvalue weighted by molar-refractivity contribution is 6.04. The van der Waals surface area contributed by atoms with Gasteiger partial charge in [0.1, 0.15) is 18.7 Å². The Morgan fingerprint density at radius 1 is 1.10 bits per heavy atom. The number of amides is 1. The van der Waals surface area contributed by atoms with Crippen LogP contribution in [0.5, 0.6) is 5.75 Å². The zero-order valence-corrected chi connectivity index (χ0v) is 18.0. The van der Waals surface area contributed by atoms with E-state index >= 15 is 0 Å². The van der Waals surface area contributed by atoms with Gasteiger partial charge in [0.05, 0.1) is 0 Å². The lowest BCUT2D eigenvalue weighted by molar-refractivity contribution is 0.102. The number of hydrogen-bond acceptors (Lipinski definition) is 5. The number of ether oxygens (including phenoxy) is 1. The Kier molecular flexibility index (Phi) is 6.57. The monoisotopic (exact) mass is 416 g/mol. The lowest BCUT2D eigenvalue weighted by atomic mass is 10.0. The summed E-state index contributed by atoms with van der Waals surface area (Å²) in [6.07, 6.45) is 5.13. The molecule has 31 heavy (non-hydrogen) atoms. The minimum Gasteiger partial charge on any atom is -0.491 e. The van der Waals surface area contributed by atoms with Crippen molar-refractivity contribution in [2.45, 2.75) is 39.2 Å². The fraction of sp³-hybridized carbons (Fsp3) is 0.320. The Hall–Kier alpha value is -3.25. The lowest BCUT2D eigenvalue weighted by Crippen LogP contribution is -2.38. The van der Waals surface area contributed by atoms with Gasteiger partial charge in [-0.3, -0.25) is 4.79 Å². The fourth-order valence-corrected chi connectivity index (χ4v) is 3.96. The summed E-state index contributed by atoms with van der Waals surface area (Å²) >= 11 is 0. The standard InChI is InChI=1S/C25H28N4O2/c1-17-24(18(2)28-16-27-17)22-14-20(29-25(30)19-8-4-3-5-9-19)11-12-23(22)31-15-21-10-6-7-13-26-21/h3-5,8-9,11-12,14,16,21,26H,6-7,10,13,15H2,1-2H3,(H,29,30)/t21-/m1/s1. The maximum atomic E-state index is 12.6. The molecule has 6 nitrogen and oxygen atoms in total. The fourth-order valence-electron chi connectivity index (χ4n) is 3.96. The molecular formula is C25H28N4O2. The van der Waals surface area contributed by atoms with Crippen molar-refractivity contribution < 1.29 is 9.53 Å². The highest BCUT2D eigenvalue weighted by Gasteiger charge is 2.18. The Labute approximate surface area is 183 Å². The third-order valence-electron chi connectivity index (χ3n) is 5.62. The Morgan fingerprint density at radius 2 is 1.87 bits per heavy atom. The molecule has 2 aromatic carbocycles. The summed E-state index contributed by atoms with van der Waals surface area (Å²) in [5.41, 5.74) is 4.89. The molecule has 1 aromatic heterocycles. The van der Waals surface area contributed by atoms with E-state index in [1.807, 2.05) is 50.2 Å². The average molecular weight is 417 g/mol. The molecule has 1 atom stereocenters. The number of aromatic nitrogens is 2. The molecule has 160 valence electrons. The van der Waals surface area contributed by atoms with E-state index in [-0.39, 0.29) is 5.91 Å². The van der Waals surface area contributed by atoms with Crippen LogP contribution in [0.1, 0.15) is 41.0 Å². The third kappa shape index (κ3) is 5.09. The molecule has 1 aliphatic rings. The van der Waals surface area contributed by atoms with Gasteiger partial charge in [0.2, 0.25) is 0 Å². The van der Waals surface area contributed by atoms with Gasteiger partial charge in [-0.2, -0.15) is 0 Å². The summed E-state index contributed by atoms with van der Waals surface area (Å²) in [5, 5.41) is 6.51. The molecule has 4 rings (SSSR count). The Balaban J connectivity index is 1.64. The van der Waals surface area contributed by atoms with Gasteiger partial charge >= 0.3 is 0 Å². The van der Waals surface area contributed by atoms with E-state index in [1.165, 1.54) is 12.8 Å². The van der Waals surface area contributed by atoms with E-state index < -0.39 is 0 Å². The van der Waals surface area contributed by atoms with Crippen molar-refractivity contribution in [2.75, 3.05) is 18.5 Å². The summed E-state index contributed by atoms with van der Waals surface area (Å²) in [6.45, 7) is 5.57. The Bertz CT molecular complexity index is 1030. The first kappa shape index (κ1) is 21.0. The first-order valence-corrected chi connectivity index (χ1v) is 10.8. The highest BCUT2D eigenvalue weighted by atomic mass is 16.5. The minimum absolute atomic E-state index is 0.149. The maximum absolute atomic E-state index is 12.6. The Morgan fingerprint density at radius 3 is 2.58 bits per heavy atom. The number of nitrogens with one attached hydrogen (secondary N) is 2. The zero-order chi connectivity index (χ0) is 21.6. The molecule has 1 amide bonds. The van der Waals surface area contributed by atoms with E-state index in [9.17, 15) is 4.79 Å². The van der Waals surface area contributed by atoms with Crippen molar-refractivity contribution in [3.05, 3.63) is 71.8 Å². The smallest absolute Gasteiger partial charge is 0.255 e. The average Bonchev–Trinajstić information content (AvgIpc) is 2.80. The molecule has 0 radical (unpaired) electrons. The second-order valence-corrected chi connectivity index (χ2v) is 7.91. The quantitative estimate of drug-likeness (QED) is 0.617. The van der Waals surface area contributed by atoms with Crippen LogP contribution in [-0.2, 0) is 0 Å². The molecule has 1 aliphatic heterocycles. The van der Waals surface area contributed by atoms with Gasteiger partial charge in [0, 0.05) is 39.8 Å². The van der Waals surface area contributed by atoms with Crippen LogP contribution >= 0.6 is 0 Å². The minimum atomic E-state index is -0.149. The van der Waals surface area contributed by atoms with Gasteiger partial charge in [-0.1, -0.05) is 24.6 Å². The third-order valence-corrected chi connectivity index (χ3v) is 5.62. The predicted molar refractivity (Wildman–Crippen MR) is 122 cm³/mol. The molecular weight excluding hydrogens is 388 g/mol. The first-order valence-electron chi connectivity index (χ1n) is 10.8. The molecule has 3 aromatic rings. The van der Waals surface area contributed by atoms with Gasteiger partial charge in [0.25, 0.3) is 5.91 Å². The van der Waals surface area contributed by atoms with Crippen LogP contribution in [0.4, 0.5) is 5.69 Å². The number of aryl methyl sites for hydroxylation is 2. The molecule has 1 saturated heterocycles. The summed E-state index contributed by atoms with van der Waals surface area (Å²) in [4.78, 5) is 21.4. The van der Waals surface area contributed by atoms with Crippen molar-refractivity contribution in [1.82, 2.24) is 15.3 Å². The summed E-state index contributed by atoms with van der Waals surface area (Å²) in [6, 6.07) is 15.3. The molecule has 0 saturated carbocycles. The van der Waals surface area contributed by atoms with Crippen LogP contribution in [-0.4, -0.2) is 35.1 Å². The maximum Gasteiger partial charge on any atom is 0.255 e. The van der Waals surface area contributed by atoms with Crippen molar-refractivity contribution in [1.29, 1.82) is 0 Å². The molecule has 1 fully saturated rings. The lowest BCUT2D eigenvalue weighted by Gasteiger charge is -2.24. The van der Waals surface area contributed by atoms with Gasteiger partial charge in [-0.15, -0.1) is 0 Å². The molecule has 0 aliphatic carbocycles. The van der Waals surface area contributed by atoms with Gasteiger partial charge in [0.15, 0.2) is 0 Å². The van der Waals surface area contributed by atoms with Crippen molar-refractivity contribution >= 4 is 11.6 Å². The second-order valence-electron chi connectivity index (χ2n) is 7.91. The summed E-state index contributed by atoms with van der Waals surface area (Å²) < 4.78 is 6.25. The molecule has 6 heteroatoms. The van der Waals surface area contributed by atoms with Gasteiger partial charge < -0.3 is 15.4 Å². The zero-order valence-electron chi connectivity index (χ0n) is 18.0. The largest absolute Gasteiger partial charge is 0.491 e. The van der Waals surface area contributed by atoms with E-state index in [0.29, 0.717) is 23.9 Å². The first-order chi connectivity index (χ1) is 15.1. The molecule has 0 unspecified atom stereocenters. The number of carbonyl (C=O) groups excluding carboxylic acids is 1. The van der Waals surface area contributed by atoms with Crippen molar-refractivity contribution in [3.63, 3.8) is 0 Å². The van der Waals surface area contributed by atoms with Crippen LogP contribution in [0.2, 0.25) is 0 Å². The van der Waals surface area contributed by atoms with Crippen LogP contribution in [0, 0.1) is 13.8 Å². The molecule has 0 bridgehead atoms. The van der Waals surface area contributed by atoms with E-state index in [0.717, 1.165) is 41.2 Å². The van der Waals surface area contributed by atoms with Crippen molar-refractivity contribution in [2.24, 2.45) is 0 Å². The molecule has 2 heterocycles. The van der Waals surface area contributed by atoms with E-state index in [2.05, 4.69) is 20.6 Å². The number of anilines is 1. The topological polar surface area (TPSA) is 76.1 Å². The SMILES string of the molecule is Cc1ncnc(C)c1-c1cc(NC(=O)c2ccccc2)ccc1OC[C@H]1CCCCN1.